The van der Waals surface area contributed by atoms with Crippen molar-refractivity contribution in [3.05, 3.63) is 35.5 Å². The normalized spacial score (nSPS) is 18.5. The van der Waals surface area contributed by atoms with Crippen LogP contribution in [-0.4, -0.2) is 46.7 Å². The standard InChI is InChI=1S/C16H17ClN2O3/c17-13-5-6-14(16-12(13)4-1-7-18-16)22-10-15(21)19-8-2-3-11(20)9-19/h1,4-7,11,20H,2-3,8-10H2. The van der Waals surface area contributed by atoms with Crippen LogP contribution < -0.4 is 4.74 Å². The Kier molecular flexibility index (Phi) is 4.45. The molecule has 1 aliphatic heterocycles. The molecule has 2 heterocycles. The predicted molar refractivity (Wildman–Crippen MR) is 84.1 cm³/mol. The minimum Gasteiger partial charge on any atom is -0.481 e. The van der Waals surface area contributed by atoms with Crippen LogP contribution in [0.5, 0.6) is 5.75 Å². The van der Waals surface area contributed by atoms with Crippen LogP contribution in [-0.2, 0) is 4.79 Å². The van der Waals surface area contributed by atoms with E-state index in [9.17, 15) is 9.90 Å². The maximum atomic E-state index is 12.2. The van der Waals surface area contributed by atoms with Crippen molar-refractivity contribution >= 4 is 28.4 Å². The van der Waals surface area contributed by atoms with Gasteiger partial charge in [0.05, 0.1) is 11.1 Å². The molecule has 2 aromatic rings. The summed E-state index contributed by atoms with van der Waals surface area (Å²) in [5.74, 6) is 0.406. The number of aromatic nitrogens is 1. The molecule has 1 aromatic carbocycles. The van der Waals surface area contributed by atoms with Gasteiger partial charge >= 0.3 is 0 Å². The van der Waals surface area contributed by atoms with Crippen molar-refractivity contribution in [1.29, 1.82) is 0 Å². The second kappa shape index (κ2) is 6.50. The first-order valence-corrected chi connectivity index (χ1v) is 7.65. The Morgan fingerprint density at radius 3 is 3.14 bits per heavy atom. The summed E-state index contributed by atoms with van der Waals surface area (Å²) in [6.45, 7) is 0.973. The number of carbonyl (C=O) groups is 1. The lowest BCUT2D eigenvalue weighted by Crippen LogP contribution is -2.44. The molecular weight excluding hydrogens is 304 g/mol. The van der Waals surface area contributed by atoms with E-state index < -0.39 is 6.10 Å². The van der Waals surface area contributed by atoms with E-state index in [1.165, 1.54) is 0 Å². The SMILES string of the molecule is O=C(COc1ccc(Cl)c2cccnc12)N1CCCC(O)C1. The minimum atomic E-state index is -0.435. The first kappa shape index (κ1) is 15.1. The number of hydrogen-bond donors (Lipinski definition) is 1. The van der Waals surface area contributed by atoms with Crippen molar-refractivity contribution < 1.29 is 14.6 Å². The van der Waals surface area contributed by atoms with E-state index >= 15 is 0 Å². The summed E-state index contributed by atoms with van der Waals surface area (Å²) in [7, 11) is 0. The average molecular weight is 321 g/mol. The summed E-state index contributed by atoms with van der Waals surface area (Å²) in [6.07, 6.45) is 2.79. The molecule has 0 spiro atoms. The topological polar surface area (TPSA) is 62.7 Å². The van der Waals surface area contributed by atoms with Crippen molar-refractivity contribution in [3.63, 3.8) is 0 Å². The number of aliphatic hydroxyl groups is 1. The fraction of sp³-hybridized carbons (Fsp3) is 0.375. The van der Waals surface area contributed by atoms with Crippen LogP contribution in [0, 0.1) is 0 Å². The smallest absolute Gasteiger partial charge is 0.260 e. The zero-order chi connectivity index (χ0) is 15.5. The highest BCUT2D eigenvalue weighted by Crippen LogP contribution is 2.29. The summed E-state index contributed by atoms with van der Waals surface area (Å²) in [6, 6.07) is 7.12. The van der Waals surface area contributed by atoms with E-state index in [-0.39, 0.29) is 12.5 Å². The lowest BCUT2D eigenvalue weighted by atomic mass is 10.1. The van der Waals surface area contributed by atoms with Crippen molar-refractivity contribution in [2.45, 2.75) is 18.9 Å². The van der Waals surface area contributed by atoms with E-state index in [1.54, 1.807) is 29.3 Å². The summed E-state index contributed by atoms with van der Waals surface area (Å²) in [5, 5.41) is 11.0. The Hall–Kier alpha value is -1.85. The number of piperidine rings is 1. The fourth-order valence-corrected chi connectivity index (χ4v) is 2.86. The Morgan fingerprint density at radius 2 is 2.32 bits per heavy atom. The number of aliphatic hydroxyl groups excluding tert-OH is 1. The number of pyridine rings is 1. The number of ether oxygens (including phenoxy) is 1. The average Bonchev–Trinajstić information content (AvgIpc) is 2.54. The van der Waals surface area contributed by atoms with Crippen LogP contribution in [0.4, 0.5) is 0 Å². The van der Waals surface area contributed by atoms with Gasteiger partial charge in [-0.1, -0.05) is 11.6 Å². The molecule has 0 radical (unpaired) electrons. The summed E-state index contributed by atoms with van der Waals surface area (Å²) >= 11 is 6.13. The number of carbonyl (C=O) groups excluding carboxylic acids is 1. The maximum absolute atomic E-state index is 12.2. The second-order valence-electron chi connectivity index (χ2n) is 5.37. The molecule has 1 atom stereocenters. The molecule has 1 aromatic heterocycles. The molecule has 0 aliphatic carbocycles. The van der Waals surface area contributed by atoms with Crippen molar-refractivity contribution in [1.82, 2.24) is 9.88 Å². The largest absolute Gasteiger partial charge is 0.481 e. The van der Waals surface area contributed by atoms with Gasteiger partial charge in [-0.25, -0.2) is 0 Å². The Bertz CT molecular complexity index is 692. The molecule has 5 nitrogen and oxygen atoms in total. The Morgan fingerprint density at radius 1 is 1.45 bits per heavy atom. The van der Waals surface area contributed by atoms with Crippen LogP contribution in [0.25, 0.3) is 10.9 Å². The van der Waals surface area contributed by atoms with E-state index in [4.69, 9.17) is 16.3 Å². The van der Waals surface area contributed by atoms with Gasteiger partial charge in [-0.2, -0.15) is 0 Å². The second-order valence-corrected chi connectivity index (χ2v) is 5.78. The van der Waals surface area contributed by atoms with Crippen LogP contribution in [0.3, 0.4) is 0 Å². The zero-order valence-electron chi connectivity index (χ0n) is 12.0. The summed E-state index contributed by atoms with van der Waals surface area (Å²) in [5.41, 5.74) is 0.640. The third kappa shape index (κ3) is 3.15. The predicted octanol–water partition coefficient (Wildman–Crippen LogP) is 2.25. The van der Waals surface area contributed by atoms with Gasteiger partial charge in [-0.3, -0.25) is 9.78 Å². The van der Waals surface area contributed by atoms with Gasteiger partial charge in [0.1, 0.15) is 11.3 Å². The number of fused-ring (bicyclic) bond motifs is 1. The molecule has 1 unspecified atom stereocenters. The first-order chi connectivity index (χ1) is 10.6. The van der Waals surface area contributed by atoms with Gasteiger partial charge in [0, 0.05) is 24.7 Å². The van der Waals surface area contributed by atoms with E-state index in [2.05, 4.69) is 4.98 Å². The van der Waals surface area contributed by atoms with Gasteiger partial charge in [-0.05, 0) is 37.1 Å². The maximum Gasteiger partial charge on any atom is 0.260 e. The molecule has 1 aliphatic rings. The summed E-state index contributed by atoms with van der Waals surface area (Å²) in [4.78, 5) is 18.1. The lowest BCUT2D eigenvalue weighted by Gasteiger charge is -2.30. The van der Waals surface area contributed by atoms with Gasteiger partial charge in [0.15, 0.2) is 6.61 Å². The number of nitrogens with zero attached hydrogens (tertiary/aromatic N) is 2. The number of rotatable bonds is 3. The number of β-amino-alcohol motifs (C(OH)–C–C–N with tert-alkyl or cyclic N) is 1. The van der Waals surface area contributed by atoms with Crippen molar-refractivity contribution in [3.8, 4) is 5.75 Å². The molecule has 0 bridgehead atoms. The van der Waals surface area contributed by atoms with Crippen LogP contribution in [0.1, 0.15) is 12.8 Å². The molecule has 1 amide bonds. The minimum absolute atomic E-state index is 0.0694. The third-order valence-electron chi connectivity index (χ3n) is 3.78. The molecule has 0 saturated carbocycles. The quantitative estimate of drug-likeness (QED) is 0.942. The number of halogens is 1. The highest BCUT2D eigenvalue weighted by atomic mass is 35.5. The first-order valence-electron chi connectivity index (χ1n) is 7.27. The fourth-order valence-electron chi connectivity index (χ4n) is 2.64. The van der Waals surface area contributed by atoms with Crippen molar-refractivity contribution in [2.24, 2.45) is 0 Å². The number of likely N-dealkylation sites (tertiary alicyclic amines) is 1. The molecule has 1 N–H and O–H groups in total. The van der Waals surface area contributed by atoms with Gasteiger partial charge < -0.3 is 14.7 Å². The number of amides is 1. The van der Waals surface area contributed by atoms with E-state index in [0.717, 1.165) is 18.2 Å². The molecule has 3 rings (SSSR count). The van der Waals surface area contributed by atoms with Crippen LogP contribution in [0.2, 0.25) is 5.02 Å². The highest BCUT2D eigenvalue weighted by Gasteiger charge is 2.22. The number of hydrogen-bond acceptors (Lipinski definition) is 4. The van der Waals surface area contributed by atoms with E-state index in [1.807, 2.05) is 6.07 Å². The third-order valence-corrected chi connectivity index (χ3v) is 4.11. The van der Waals surface area contributed by atoms with E-state index in [0.29, 0.717) is 29.4 Å². The van der Waals surface area contributed by atoms with Crippen LogP contribution >= 0.6 is 11.6 Å². The van der Waals surface area contributed by atoms with Crippen LogP contribution in [0.15, 0.2) is 30.5 Å². The monoisotopic (exact) mass is 320 g/mol. The molecule has 22 heavy (non-hydrogen) atoms. The molecule has 6 heteroatoms. The van der Waals surface area contributed by atoms with Gasteiger partial charge in [-0.15, -0.1) is 0 Å². The Balaban J connectivity index is 1.71. The lowest BCUT2D eigenvalue weighted by molar-refractivity contribution is -0.136. The molecule has 116 valence electrons. The number of benzene rings is 1. The van der Waals surface area contributed by atoms with Gasteiger partial charge in [0.2, 0.25) is 0 Å². The molecular formula is C16H17ClN2O3. The highest BCUT2D eigenvalue weighted by molar-refractivity contribution is 6.35. The zero-order valence-corrected chi connectivity index (χ0v) is 12.8. The molecule has 1 fully saturated rings. The van der Waals surface area contributed by atoms with Crippen molar-refractivity contribution in [2.75, 3.05) is 19.7 Å². The Labute approximate surface area is 133 Å². The van der Waals surface area contributed by atoms with Gasteiger partial charge in [0.25, 0.3) is 5.91 Å². The summed E-state index contributed by atoms with van der Waals surface area (Å²) < 4.78 is 5.63. The molecule has 1 saturated heterocycles.